The standard InChI is InChI=1S/C16H21Cl2N3/c1-2-3-14(11-19)21-8-6-20(7-9-21)12-13-4-5-15(17)16(18)10-13/h4-5,10,14H,2-3,6-9,12H2,1H3. The molecule has 3 nitrogen and oxygen atoms in total. The molecule has 0 amide bonds. The van der Waals surface area contributed by atoms with Crippen molar-refractivity contribution in [2.45, 2.75) is 32.4 Å². The lowest BCUT2D eigenvalue weighted by atomic mass is 10.1. The largest absolute Gasteiger partial charge is 0.297 e. The number of nitrogens with zero attached hydrogens (tertiary/aromatic N) is 3. The second-order valence-corrected chi connectivity index (χ2v) is 6.31. The maximum absolute atomic E-state index is 9.23. The molecule has 0 bridgehead atoms. The van der Waals surface area contributed by atoms with Gasteiger partial charge in [0.25, 0.3) is 0 Å². The van der Waals surface area contributed by atoms with Crippen LogP contribution in [0.3, 0.4) is 0 Å². The van der Waals surface area contributed by atoms with Crippen LogP contribution in [0.5, 0.6) is 0 Å². The summed E-state index contributed by atoms with van der Waals surface area (Å²) in [4.78, 5) is 4.70. The van der Waals surface area contributed by atoms with Crippen LogP contribution in [0, 0.1) is 11.3 Å². The number of hydrogen-bond acceptors (Lipinski definition) is 3. The predicted octanol–water partition coefficient (Wildman–Crippen LogP) is 3.80. The van der Waals surface area contributed by atoms with E-state index < -0.39 is 0 Å². The summed E-state index contributed by atoms with van der Waals surface area (Å²) in [6.45, 7) is 6.91. The number of rotatable bonds is 5. The van der Waals surface area contributed by atoms with E-state index in [1.165, 1.54) is 5.56 Å². The minimum atomic E-state index is 0.0714. The highest BCUT2D eigenvalue weighted by Crippen LogP contribution is 2.23. The molecule has 5 heteroatoms. The molecule has 1 unspecified atom stereocenters. The van der Waals surface area contributed by atoms with Crippen LogP contribution < -0.4 is 0 Å². The lowest BCUT2D eigenvalue weighted by Crippen LogP contribution is -2.49. The Morgan fingerprint density at radius 2 is 1.90 bits per heavy atom. The van der Waals surface area contributed by atoms with Crippen LogP contribution in [0.4, 0.5) is 0 Å². The summed E-state index contributed by atoms with van der Waals surface area (Å²) in [5.74, 6) is 0. The monoisotopic (exact) mass is 325 g/mol. The molecular weight excluding hydrogens is 305 g/mol. The molecule has 0 N–H and O–H groups in total. The third-order valence-corrected chi connectivity index (χ3v) is 4.69. The van der Waals surface area contributed by atoms with Crippen LogP contribution >= 0.6 is 23.2 Å². The molecule has 21 heavy (non-hydrogen) atoms. The Labute approximate surface area is 137 Å². The molecule has 114 valence electrons. The molecule has 1 aliphatic heterocycles. The van der Waals surface area contributed by atoms with Crippen molar-refractivity contribution in [3.63, 3.8) is 0 Å². The van der Waals surface area contributed by atoms with Crippen molar-refractivity contribution in [1.29, 1.82) is 5.26 Å². The van der Waals surface area contributed by atoms with Crippen molar-refractivity contribution in [2.75, 3.05) is 26.2 Å². The number of piperazine rings is 1. The van der Waals surface area contributed by atoms with Crippen molar-refractivity contribution >= 4 is 23.2 Å². The molecule has 2 rings (SSSR count). The number of hydrogen-bond donors (Lipinski definition) is 0. The Morgan fingerprint density at radius 3 is 2.48 bits per heavy atom. The average Bonchev–Trinajstić information content (AvgIpc) is 2.49. The normalized spacial score (nSPS) is 18.4. The molecule has 0 radical (unpaired) electrons. The summed E-state index contributed by atoms with van der Waals surface area (Å²) in [6, 6.07) is 8.31. The van der Waals surface area contributed by atoms with E-state index in [1.54, 1.807) is 0 Å². The predicted molar refractivity (Wildman–Crippen MR) is 87.6 cm³/mol. The Morgan fingerprint density at radius 1 is 1.19 bits per heavy atom. The fourth-order valence-electron chi connectivity index (χ4n) is 2.73. The van der Waals surface area contributed by atoms with Crippen LogP contribution in [-0.2, 0) is 6.54 Å². The van der Waals surface area contributed by atoms with Crippen LogP contribution in [0.2, 0.25) is 10.0 Å². The van der Waals surface area contributed by atoms with E-state index >= 15 is 0 Å². The van der Waals surface area contributed by atoms with E-state index in [9.17, 15) is 5.26 Å². The first-order valence-corrected chi connectivity index (χ1v) is 8.19. The smallest absolute Gasteiger partial charge is 0.0978 e. The van der Waals surface area contributed by atoms with Crippen LogP contribution in [0.15, 0.2) is 18.2 Å². The maximum atomic E-state index is 9.23. The SMILES string of the molecule is CCCC(C#N)N1CCN(Cc2ccc(Cl)c(Cl)c2)CC1. The molecule has 0 aliphatic carbocycles. The first kappa shape index (κ1) is 16.6. The molecule has 1 aliphatic rings. The molecule has 1 atom stereocenters. The average molecular weight is 326 g/mol. The first-order valence-electron chi connectivity index (χ1n) is 7.44. The van der Waals surface area contributed by atoms with Gasteiger partial charge in [-0.05, 0) is 24.1 Å². The summed E-state index contributed by atoms with van der Waals surface area (Å²) >= 11 is 12.0. The summed E-state index contributed by atoms with van der Waals surface area (Å²) in [5, 5.41) is 10.4. The second-order valence-electron chi connectivity index (χ2n) is 5.49. The van der Waals surface area contributed by atoms with E-state index in [0.29, 0.717) is 10.0 Å². The minimum absolute atomic E-state index is 0.0714. The summed E-state index contributed by atoms with van der Waals surface area (Å²) in [5.41, 5.74) is 1.18. The van der Waals surface area contributed by atoms with Gasteiger partial charge in [0.2, 0.25) is 0 Å². The maximum Gasteiger partial charge on any atom is 0.0978 e. The van der Waals surface area contributed by atoms with E-state index in [4.69, 9.17) is 23.2 Å². The molecule has 0 spiro atoms. The van der Waals surface area contributed by atoms with Crippen molar-refractivity contribution in [3.05, 3.63) is 33.8 Å². The van der Waals surface area contributed by atoms with Crippen LogP contribution in [0.25, 0.3) is 0 Å². The summed E-state index contributed by atoms with van der Waals surface area (Å²) < 4.78 is 0. The van der Waals surface area contributed by atoms with Crippen molar-refractivity contribution < 1.29 is 0 Å². The van der Waals surface area contributed by atoms with Gasteiger partial charge in [0, 0.05) is 32.7 Å². The highest BCUT2D eigenvalue weighted by atomic mass is 35.5. The second kappa shape index (κ2) is 8.00. The fraction of sp³-hybridized carbons (Fsp3) is 0.562. The van der Waals surface area contributed by atoms with Gasteiger partial charge in [-0.1, -0.05) is 42.6 Å². The van der Waals surface area contributed by atoms with Crippen LogP contribution in [0.1, 0.15) is 25.3 Å². The molecular formula is C16H21Cl2N3. The molecule has 0 saturated carbocycles. The summed E-state index contributed by atoms with van der Waals surface area (Å²) in [6.07, 6.45) is 2.02. The molecule has 0 aromatic heterocycles. The van der Waals surface area contributed by atoms with Crippen molar-refractivity contribution in [1.82, 2.24) is 9.80 Å². The molecule has 1 aromatic rings. The fourth-order valence-corrected chi connectivity index (χ4v) is 3.05. The van der Waals surface area contributed by atoms with Gasteiger partial charge in [0.1, 0.15) is 0 Å². The Kier molecular flexibility index (Phi) is 6.32. The highest BCUT2D eigenvalue weighted by molar-refractivity contribution is 6.42. The Hall–Kier alpha value is -0.790. The number of benzene rings is 1. The summed E-state index contributed by atoms with van der Waals surface area (Å²) in [7, 11) is 0. The van der Waals surface area contributed by atoms with E-state index in [1.807, 2.05) is 18.2 Å². The number of halogens is 2. The zero-order valence-electron chi connectivity index (χ0n) is 12.4. The van der Waals surface area contributed by atoms with Gasteiger partial charge < -0.3 is 0 Å². The van der Waals surface area contributed by atoms with Gasteiger partial charge in [-0.2, -0.15) is 5.26 Å². The minimum Gasteiger partial charge on any atom is -0.297 e. The van der Waals surface area contributed by atoms with Crippen LogP contribution in [-0.4, -0.2) is 42.0 Å². The molecule has 1 aromatic carbocycles. The molecule has 1 fully saturated rings. The Bertz CT molecular complexity index is 505. The van der Waals surface area contributed by atoms with Gasteiger partial charge in [0.15, 0.2) is 0 Å². The zero-order chi connectivity index (χ0) is 15.2. The topological polar surface area (TPSA) is 30.3 Å². The highest BCUT2D eigenvalue weighted by Gasteiger charge is 2.23. The third kappa shape index (κ3) is 4.59. The van der Waals surface area contributed by atoms with Crippen molar-refractivity contribution in [3.8, 4) is 6.07 Å². The van der Waals surface area contributed by atoms with Gasteiger partial charge in [-0.3, -0.25) is 9.80 Å². The van der Waals surface area contributed by atoms with Crippen molar-refractivity contribution in [2.24, 2.45) is 0 Å². The zero-order valence-corrected chi connectivity index (χ0v) is 13.9. The molecule has 1 saturated heterocycles. The van der Waals surface area contributed by atoms with E-state index in [2.05, 4.69) is 22.8 Å². The third-order valence-electron chi connectivity index (χ3n) is 3.95. The first-order chi connectivity index (χ1) is 10.1. The van der Waals surface area contributed by atoms with E-state index in [0.717, 1.165) is 45.6 Å². The lowest BCUT2D eigenvalue weighted by Gasteiger charge is -2.36. The van der Waals surface area contributed by atoms with Gasteiger partial charge in [0.05, 0.1) is 22.2 Å². The quantitative estimate of drug-likeness (QED) is 0.824. The van der Waals surface area contributed by atoms with E-state index in [-0.39, 0.29) is 6.04 Å². The number of nitriles is 1. The van der Waals surface area contributed by atoms with Gasteiger partial charge in [-0.15, -0.1) is 0 Å². The molecule has 1 heterocycles. The van der Waals surface area contributed by atoms with Gasteiger partial charge >= 0.3 is 0 Å². The Balaban J connectivity index is 1.86. The lowest BCUT2D eigenvalue weighted by molar-refractivity contribution is 0.106. The van der Waals surface area contributed by atoms with Gasteiger partial charge in [-0.25, -0.2) is 0 Å².